The smallest absolute Gasteiger partial charge is 0.350 e. The highest BCUT2D eigenvalue weighted by Gasteiger charge is 2.37. The maximum Gasteiger partial charge on any atom is 0.449 e. The van der Waals surface area contributed by atoms with Crippen LogP contribution in [0.3, 0.4) is 0 Å². The topological polar surface area (TPSA) is 88.0 Å². The standard InChI is InChI=1S/C25H24F3N7O.H2S/c1-14-20-21(34(3)15(2)22(36)32-20)33-24(30-14)29-12-16-8-10-17(11-9-16)13-35-19-7-5-4-6-18(19)31-23(35)25(26,27)28;/h4-11,15H,12-13H2,1-3H3,(H,32,36)(H,29,30,33);1H2/t15-;/m0./s1. The lowest BCUT2D eigenvalue weighted by molar-refractivity contribution is -0.146. The predicted molar refractivity (Wildman–Crippen MR) is 141 cm³/mol. The number of likely N-dealkylation sites (N-methyl/N-ethyl adjacent to an activating group) is 1. The van der Waals surface area contributed by atoms with E-state index in [9.17, 15) is 18.0 Å². The van der Waals surface area contributed by atoms with Crippen LogP contribution in [0, 0.1) is 6.92 Å². The van der Waals surface area contributed by atoms with E-state index in [1.807, 2.05) is 19.2 Å². The molecule has 0 radical (unpaired) electrons. The van der Waals surface area contributed by atoms with Gasteiger partial charge in [-0.1, -0.05) is 36.4 Å². The number of rotatable bonds is 5. The van der Waals surface area contributed by atoms with Gasteiger partial charge in [-0.15, -0.1) is 0 Å². The molecule has 0 saturated heterocycles. The van der Waals surface area contributed by atoms with Crippen LogP contribution in [0.4, 0.5) is 30.6 Å². The van der Waals surface area contributed by atoms with Crippen LogP contribution in [0.5, 0.6) is 0 Å². The Hall–Kier alpha value is -3.80. The summed E-state index contributed by atoms with van der Waals surface area (Å²) in [7, 11) is 1.81. The number of imidazole rings is 1. The van der Waals surface area contributed by atoms with E-state index in [1.54, 1.807) is 55.1 Å². The highest BCUT2D eigenvalue weighted by molar-refractivity contribution is 7.59. The van der Waals surface area contributed by atoms with Gasteiger partial charge in [0.05, 0.1) is 16.7 Å². The van der Waals surface area contributed by atoms with Gasteiger partial charge >= 0.3 is 6.18 Å². The summed E-state index contributed by atoms with van der Waals surface area (Å²) in [5.41, 5.74) is 3.63. The largest absolute Gasteiger partial charge is 0.449 e. The molecule has 0 saturated carbocycles. The number of carbonyl (C=O) groups excluding carboxylic acids is 1. The lowest BCUT2D eigenvalue weighted by Crippen LogP contribution is -2.44. The zero-order chi connectivity index (χ0) is 25.6. The molecule has 2 N–H and O–H groups in total. The third kappa shape index (κ3) is 5.06. The van der Waals surface area contributed by atoms with Crippen LogP contribution in [0.15, 0.2) is 48.5 Å². The van der Waals surface area contributed by atoms with Crippen LogP contribution in [-0.4, -0.2) is 38.5 Å². The number of nitrogens with one attached hydrogen (secondary N) is 2. The molecule has 12 heteroatoms. The molecule has 0 bridgehead atoms. The molecule has 5 rings (SSSR count). The minimum atomic E-state index is -4.55. The van der Waals surface area contributed by atoms with Crippen LogP contribution in [0.1, 0.15) is 29.6 Å². The molecule has 2 aromatic heterocycles. The van der Waals surface area contributed by atoms with Crippen LogP contribution in [-0.2, 0) is 24.1 Å². The number of alkyl halides is 3. The summed E-state index contributed by atoms with van der Waals surface area (Å²) < 4.78 is 42.0. The van der Waals surface area contributed by atoms with Crippen LogP contribution >= 0.6 is 13.5 Å². The number of aryl methyl sites for hydroxylation is 1. The van der Waals surface area contributed by atoms with Crippen molar-refractivity contribution < 1.29 is 18.0 Å². The molecule has 1 amide bonds. The molecule has 3 heterocycles. The number of aromatic nitrogens is 4. The number of fused-ring (bicyclic) bond motifs is 2. The van der Waals surface area contributed by atoms with Crippen molar-refractivity contribution in [3.05, 3.63) is 71.2 Å². The molecule has 0 fully saturated rings. The monoisotopic (exact) mass is 529 g/mol. The third-order valence-corrected chi connectivity index (χ3v) is 6.34. The maximum atomic E-state index is 13.6. The van der Waals surface area contributed by atoms with E-state index in [2.05, 4.69) is 25.6 Å². The Morgan fingerprint density at radius 2 is 1.70 bits per heavy atom. The Kier molecular flexibility index (Phi) is 7.05. The fraction of sp³-hybridized carbons (Fsp3) is 0.280. The van der Waals surface area contributed by atoms with Crippen LogP contribution < -0.4 is 15.5 Å². The minimum absolute atomic E-state index is 0. The Bertz CT molecular complexity index is 1450. The Labute approximate surface area is 218 Å². The molecule has 1 aliphatic rings. The van der Waals surface area contributed by atoms with Gasteiger partial charge < -0.3 is 20.1 Å². The van der Waals surface area contributed by atoms with E-state index in [4.69, 9.17) is 0 Å². The number of halogens is 3. The predicted octanol–water partition coefficient (Wildman–Crippen LogP) is 4.70. The molecule has 194 valence electrons. The first-order chi connectivity index (χ1) is 17.1. The van der Waals surface area contributed by atoms with E-state index in [0.717, 1.165) is 11.1 Å². The normalized spacial score (nSPS) is 15.2. The van der Waals surface area contributed by atoms with Gasteiger partial charge in [0.2, 0.25) is 17.7 Å². The first-order valence-electron chi connectivity index (χ1n) is 11.4. The highest BCUT2D eigenvalue weighted by Crippen LogP contribution is 2.33. The molecule has 4 aromatic rings. The fourth-order valence-corrected chi connectivity index (χ4v) is 4.20. The third-order valence-electron chi connectivity index (χ3n) is 6.34. The molecule has 0 aliphatic carbocycles. The maximum absolute atomic E-state index is 13.6. The number of nitrogens with zero attached hydrogens (tertiary/aromatic N) is 5. The molecule has 8 nitrogen and oxygen atoms in total. The number of benzene rings is 2. The van der Waals surface area contributed by atoms with E-state index in [-0.39, 0.29) is 32.0 Å². The van der Waals surface area contributed by atoms with Gasteiger partial charge in [-0.25, -0.2) is 9.97 Å². The van der Waals surface area contributed by atoms with Gasteiger partial charge in [-0.05, 0) is 37.1 Å². The molecule has 2 aromatic carbocycles. The van der Waals surface area contributed by atoms with E-state index in [1.165, 1.54) is 4.57 Å². The zero-order valence-corrected chi connectivity index (χ0v) is 21.4. The van der Waals surface area contributed by atoms with Crippen molar-refractivity contribution in [2.45, 2.75) is 39.2 Å². The van der Waals surface area contributed by atoms with Crippen molar-refractivity contribution in [2.75, 3.05) is 22.6 Å². The Morgan fingerprint density at radius 3 is 2.41 bits per heavy atom. The number of hydrogen-bond acceptors (Lipinski definition) is 6. The van der Waals surface area contributed by atoms with Crippen LogP contribution in [0.25, 0.3) is 11.0 Å². The fourth-order valence-electron chi connectivity index (χ4n) is 4.20. The first kappa shape index (κ1) is 26.3. The average molecular weight is 530 g/mol. The van der Waals surface area contributed by atoms with E-state index in [0.29, 0.717) is 40.7 Å². The number of hydrogen-bond donors (Lipinski definition) is 2. The molecular weight excluding hydrogens is 503 g/mol. The lowest BCUT2D eigenvalue weighted by atomic mass is 10.1. The number of amides is 1. The van der Waals surface area contributed by atoms with Gasteiger partial charge in [0, 0.05) is 20.1 Å². The summed E-state index contributed by atoms with van der Waals surface area (Å²) in [6.07, 6.45) is -4.55. The molecule has 0 unspecified atom stereocenters. The zero-order valence-electron chi connectivity index (χ0n) is 20.4. The quantitative estimate of drug-likeness (QED) is 0.390. The van der Waals surface area contributed by atoms with Crippen molar-refractivity contribution >= 4 is 47.9 Å². The van der Waals surface area contributed by atoms with Gasteiger partial charge in [-0.2, -0.15) is 31.7 Å². The second-order valence-corrected chi connectivity index (χ2v) is 8.79. The highest BCUT2D eigenvalue weighted by atomic mass is 32.1. The van der Waals surface area contributed by atoms with Gasteiger partial charge in [0.15, 0.2) is 5.82 Å². The minimum Gasteiger partial charge on any atom is -0.350 e. The van der Waals surface area contributed by atoms with Crippen molar-refractivity contribution in [1.29, 1.82) is 0 Å². The lowest BCUT2D eigenvalue weighted by Gasteiger charge is -2.32. The summed E-state index contributed by atoms with van der Waals surface area (Å²) in [5.74, 6) is 0.0408. The molecular formula is C25H26F3N7OS. The second-order valence-electron chi connectivity index (χ2n) is 8.79. The van der Waals surface area contributed by atoms with Crippen molar-refractivity contribution in [3.63, 3.8) is 0 Å². The van der Waals surface area contributed by atoms with Crippen molar-refractivity contribution in [3.8, 4) is 0 Å². The summed E-state index contributed by atoms with van der Waals surface area (Å²) in [6.45, 7) is 4.08. The first-order valence-corrected chi connectivity index (χ1v) is 11.4. The van der Waals surface area contributed by atoms with E-state index >= 15 is 0 Å². The molecule has 1 aliphatic heterocycles. The van der Waals surface area contributed by atoms with Gasteiger partial charge in [0.1, 0.15) is 11.7 Å². The number of carbonyl (C=O) groups is 1. The SMILES string of the molecule is Cc1nc(NCc2ccc(Cn3c(C(F)(F)F)nc4ccccc43)cc2)nc2c1NC(=O)[C@H](C)N2C.S. The second kappa shape index (κ2) is 9.92. The Balaban J connectivity index is 0.00000320. The van der Waals surface area contributed by atoms with Crippen molar-refractivity contribution in [1.82, 2.24) is 19.5 Å². The number of para-hydroxylation sites is 2. The Morgan fingerprint density at radius 1 is 1.03 bits per heavy atom. The summed E-state index contributed by atoms with van der Waals surface area (Å²) in [6, 6.07) is 13.6. The van der Waals surface area contributed by atoms with E-state index < -0.39 is 12.0 Å². The molecule has 37 heavy (non-hydrogen) atoms. The average Bonchev–Trinajstić information content (AvgIpc) is 3.22. The van der Waals surface area contributed by atoms with Crippen molar-refractivity contribution in [2.24, 2.45) is 0 Å². The van der Waals surface area contributed by atoms with Gasteiger partial charge in [0.25, 0.3) is 0 Å². The molecule has 1 atom stereocenters. The van der Waals surface area contributed by atoms with Gasteiger partial charge in [-0.3, -0.25) is 4.79 Å². The summed E-state index contributed by atoms with van der Waals surface area (Å²) in [4.78, 5) is 26.7. The summed E-state index contributed by atoms with van der Waals surface area (Å²) in [5, 5.41) is 6.04. The molecule has 0 spiro atoms. The number of anilines is 3. The van der Waals surface area contributed by atoms with Crippen LogP contribution in [0.2, 0.25) is 0 Å². The summed E-state index contributed by atoms with van der Waals surface area (Å²) >= 11 is 0.